The average molecular weight is 547 g/mol. The summed E-state index contributed by atoms with van der Waals surface area (Å²) in [5, 5.41) is 3.24. The van der Waals surface area contributed by atoms with Crippen molar-refractivity contribution in [2.75, 3.05) is 27.9 Å². The van der Waals surface area contributed by atoms with Crippen LogP contribution in [-0.2, 0) is 11.2 Å². The number of ether oxygens (including phenoxy) is 3. The topological polar surface area (TPSA) is 103 Å². The molecule has 9 heteroatoms. The van der Waals surface area contributed by atoms with Gasteiger partial charge in [0.25, 0.3) is 5.91 Å². The van der Waals surface area contributed by atoms with Crippen molar-refractivity contribution in [3.05, 3.63) is 77.4 Å². The number of nitrogens with zero attached hydrogens (tertiary/aromatic N) is 3. The maximum Gasteiger partial charge on any atom is 0.275 e. The molecule has 1 aliphatic rings. The Morgan fingerprint density at radius 2 is 1.70 bits per heavy atom. The van der Waals surface area contributed by atoms with Gasteiger partial charge in [-0.3, -0.25) is 14.6 Å². The van der Waals surface area contributed by atoms with Crippen molar-refractivity contribution in [1.82, 2.24) is 20.2 Å². The number of hydrogen-bond donors (Lipinski definition) is 1. The van der Waals surface area contributed by atoms with Gasteiger partial charge in [-0.15, -0.1) is 0 Å². The predicted octanol–water partition coefficient (Wildman–Crippen LogP) is 4.69. The minimum absolute atomic E-state index is 0.0515. The van der Waals surface area contributed by atoms with Gasteiger partial charge in [-0.1, -0.05) is 43.5 Å². The number of methoxy groups -OCH3 is 3. The molecule has 1 saturated carbocycles. The van der Waals surface area contributed by atoms with Crippen LogP contribution in [0, 0.1) is 6.92 Å². The summed E-state index contributed by atoms with van der Waals surface area (Å²) in [5.41, 5.74) is 2.92. The molecule has 1 fully saturated rings. The van der Waals surface area contributed by atoms with Crippen LogP contribution in [0.4, 0.5) is 0 Å². The highest BCUT2D eigenvalue weighted by Gasteiger charge is 2.35. The van der Waals surface area contributed by atoms with E-state index < -0.39 is 6.04 Å². The van der Waals surface area contributed by atoms with Crippen molar-refractivity contribution in [1.29, 1.82) is 0 Å². The van der Waals surface area contributed by atoms with Crippen molar-refractivity contribution in [3.8, 4) is 17.2 Å². The van der Waals surface area contributed by atoms with E-state index in [2.05, 4.69) is 15.3 Å². The number of aryl methyl sites for hydroxylation is 1. The molecule has 212 valence electrons. The Morgan fingerprint density at radius 3 is 2.30 bits per heavy atom. The average Bonchev–Trinajstić information content (AvgIpc) is 2.99. The Morgan fingerprint density at radius 1 is 1.00 bits per heavy atom. The molecule has 2 amide bonds. The van der Waals surface area contributed by atoms with Gasteiger partial charge in [0, 0.05) is 25.0 Å². The van der Waals surface area contributed by atoms with Crippen LogP contribution < -0.4 is 19.5 Å². The molecule has 9 nitrogen and oxygen atoms in total. The summed E-state index contributed by atoms with van der Waals surface area (Å²) in [6.45, 7) is 2.32. The molecule has 3 aromatic rings. The number of carbonyl (C=O) groups excluding carboxylic acids is 2. The molecule has 1 aromatic heterocycles. The third-order valence-corrected chi connectivity index (χ3v) is 7.44. The molecule has 0 radical (unpaired) electrons. The lowest BCUT2D eigenvalue weighted by Crippen LogP contribution is -2.48. The fraction of sp³-hybridized carbons (Fsp3) is 0.419. The number of amides is 2. The molecule has 1 aliphatic carbocycles. The number of benzene rings is 2. The largest absolute Gasteiger partial charge is 0.493 e. The first-order valence-corrected chi connectivity index (χ1v) is 13.7. The highest BCUT2D eigenvalue weighted by molar-refractivity contribution is 5.96. The zero-order chi connectivity index (χ0) is 28.5. The number of aromatic nitrogens is 2. The third-order valence-electron chi connectivity index (χ3n) is 7.44. The van der Waals surface area contributed by atoms with Crippen LogP contribution in [0.25, 0.3) is 0 Å². The Balaban J connectivity index is 1.81. The first-order chi connectivity index (χ1) is 19.5. The van der Waals surface area contributed by atoms with Crippen LogP contribution in [0.15, 0.2) is 55.0 Å². The maximum absolute atomic E-state index is 14.2. The molecule has 1 N–H and O–H groups in total. The Kier molecular flexibility index (Phi) is 9.94. The lowest BCUT2D eigenvalue weighted by atomic mass is 9.94. The number of hydrogen-bond acceptors (Lipinski definition) is 7. The van der Waals surface area contributed by atoms with E-state index in [0.29, 0.717) is 29.2 Å². The lowest BCUT2D eigenvalue weighted by molar-refractivity contribution is -0.126. The van der Waals surface area contributed by atoms with Gasteiger partial charge in [0.05, 0.1) is 27.5 Å². The van der Waals surface area contributed by atoms with E-state index in [-0.39, 0.29) is 30.1 Å². The molecule has 0 aliphatic heterocycles. The van der Waals surface area contributed by atoms with Gasteiger partial charge in [-0.25, -0.2) is 4.98 Å². The second-order valence-electron chi connectivity index (χ2n) is 9.97. The highest BCUT2D eigenvalue weighted by atomic mass is 16.5. The van der Waals surface area contributed by atoms with Crippen LogP contribution in [-0.4, -0.2) is 60.6 Å². The number of nitrogens with one attached hydrogen (secondary N) is 1. The molecule has 1 heterocycles. The highest BCUT2D eigenvalue weighted by Crippen LogP contribution is 2.41. The molecule has 0 unspecified atom stereocenters. The monoisotopic (exact) mass is 546 g/mol. The van der Waals surface area contributed by atoms with E-state index in [0.717, 1.165) is 43.2 Å². The fourth-order valence-corrected chi connectivity index (χ4v) is 5.30. The van der Waals surface area contributed by atoms with E-state index in [1.54, 1.807) is 17.0 Å². The van der Waals surface area contributed by atoms with E-state index in [4.69, 9.17) is 14.2 Å². The molecule has 40 heavy (non-hydrogen) atoms. The van der Waals surface area contributed by atoms with Crippen molar-refractivity contribution >= 4 is 11.8 Å². The molecule has 0 bridgehead atoms. The molecule has 4 rings (SSSR count). The molecular weight excluding hydrogens is 508 g/mol. The van der Waals surface area contributed by atoms with Gasteiger partial charge < -0.3 is 24.4 Å². The molecule has 1 atom stereocenters. The van der Waals surface area contributed by atoms with Crippen LogP contribution in [0.1, 0.15) is 65.3 Å². The Bertz CT molecular complexity index is 1270. The van der Waals surface area contributed by atoms with E-state index in [9.17, 15) is 9.59 Å². The fourth-order valence-electron chi connectivity index (χ4n) is 5.30. The van der Waals surface area contributed by atoms with Gasteiger partial charge in [-0.2, -0.15) is 0 Å². The first-order valence-electron chi connectivity index (χ1n) is 13.7. The standard InChI is InChI=1S/C31H38N4O5/c1-21-10-8-9-11-22(21)14-17-35(31(37)25-20-32-15-16-33-25)28(30(36)34-24-12-6-5-7-13-24)23-18-26(38-2)29(40-4)27(19-23)39-3/h8-11,15-16,18-20,24,28H,5-7,12-14,17H2,1-4H3,(H,34,36)/t28-/m1/s1. The Hall–Kier alpha value is -4.14. The third kappa shape index (κ3) is 6.70. The summed E-state index contributed by atoms with van der Waals surface area (Å²) >= 11 is 0. The van der Waals surface area contributed by atoms with Gasteiger partial charge in [0.2, 0.25) is 11.7 Å². The summed E-state index contributed by atoms with van der Waals surface area (Å²) < 4.78 is 16.7. The summed E-state index contributed by atoms with van der Waals surface area (Å²) in [6.07, 6.45) is 10.1. The Labute approximate surface area is 235 Å². The summed E-state index contributed by atoms with van der Waals surface area (Å²) in [4.78, 5) is 38.2. The van der Waals surface area contributed by atoms with E-state index >= 15 is 0 Å². The second-order valence-corrected chi connectivity index (χ2v) is 9.97. The van der Waals surface area contributed by atoms with Crippen molar-refractivity contribution in [2.45, 2.75) is 57.5 Å². The number of rotatable bonds is 11. The maximum atomic E-state index is 14.2. The second kappa shape index (κ2) is 13.8. The minimum Gasteiger partial charge on any atom is -0.493 e. The van der Waals surface area contributed by atoms with Crippen molar-refractivity contribution in [3.63, 3.8) is 0 Å². The van der Waals surface area contributed by atoms with Gasteiger partial charge in [0.15, 0.2) is 11.5 Å². The van der Waals surface area contributed by atoms with E-state index in [1.807, 2.05) is 31.2 Å². The molecule has 2 aromatic carbocycles. The van der Waals surface area contributed by atoms with Crippen LogP contribution in [0.5, 0.6) is 17.2 Å². The van der Waals surface area contributed by atoms with Crippen LogP contribution in [0.2, 0.25) is 0 Å². The van der Waals surface area contributed by atoms with E-state index in [1.165, 1.54) is 39.9 Å². The van der Waals surface area contributed by atoms with Gasteiger partial charge >= 0.3 is 0 Å². The summed E-state index contributed by atoms with van der Waals surface area (Å²) in [7, 11) is 4.58. The smallest absolute Gasteiger partial charge is 0.275 e. The van der Waals surface area contributed by atoms with Crippen LogP contribution in [0.3, 0.4) is 0 Å². The van der Waals surface area contributed by atoms with Crippen molar-refractivity contribution in [2.24, 2.45) is 0 Å². The zero-order valence-corrected chi connectivity index (χ0v) is 23.7. The van der Waals surface area contributed by atoms with Gasteiger partial charge in [-0.05, 0) is 55.0 Å². The number of carbonyl (C=O) groups is 2. The lowest BCUT2D eigenvalue weighted by Gasteiger charge is -2.34. The summed E-state index contributed by atoms with van der Waals surface area (Å²) in [5.74, 6) is 0.561. The summed E-state index contributed by atoms with van der Waals surface area (Å²) in [6, 6.07) is 10.6. The van der Waals surface area contributed by atoms with Crippen molar-refractivity contribution < 1.29 is 23.8 Å². The predicted molar refractivity (Wildman–Crippen MR) is 152 cm³/mol. The van der Waals surface area contributed by atoms with Crippen LogP contribution >= 0.6 is 0 Å². The van der Waals surface area contributed by atoms with Gasteiger partial charge in [0.1, 0.15) is 11.7 Å². The zero-order valence-electron chi connectivity index (χ0n) is 23.7. The minimum atomic E-state index is -0.978. The quantitative estimate of drug-likeness (QED) is 0.372. The molecular formula is C31H38N4O5. The molecule has 0 saturated heterocycles. The first kappa shape index (κ1) is 28.9. The molecule has 0 spiro atoms. The normalized spacial score (nSPS) is 14.2. The SMILES string of the molecule is COc1cc([C@H](C(=O)NC2CCCCC2)N(CCc2ccccc2C)C(=O)c2cnccn2)cc(OC)c1OC.